The van der Waals surface area contributed by atoms with Gasteiger partial charge in [0.1, 0.15) is 0 Å². The van der Waals surface area contributed by atoms with E-state index in [1.165, 1.54) is 41.6 Å². The Balaban J connectivity index is 1.20. The third-order valence-electron chi connectivity index (χ3n) is 6.26. The van der Waals surface area contributed by atoms with Crippen molar-refractivity contribution in [3.63, 3.8) is 0 Å². The van der Waals surface area contributed by atoms with Crippen molar-refractivity contribution in [2.45, 2.75) is 32.4 Å². The zero-order valence-corrected chi connectivity index (χ0v) is 16.8. The molecule has 150 valence electrons. The van der Waals surface area contributed by atoms with E-state index < -0.39 is 0 Å². The Bertz CT molecular complexity index is 944. The first-order valence-electron chi connectivity index (χ1n) is 10.7. The first kappa shape index (κ1) is 18.3. The summed E-state index contributed by atoms with van der Waals surface area (Å²) in [4.78, 5) is 16.5. The first-order chi connectivity index (χ1) is 14.2. The predicted octanol–water partition coefficient (Wildman–Crippen LogP) is 4.21. The number of amides is 2. The second-order valence-corrected chi connectivity index (χ2v) is 8.23. The largest absolute Gasteiger partial charge is 0.369 e. The Kier molecular flexibility index (Phi) is 4.98. The van der Waals surface area contributed by atoms with Crippen LogP contribution in [0.25, 0.3) is 5.57 Å². The summed E-state index contributed by atoms with van der Waals surface area (Å²) in [6, 6.07) is 15.3. The molecule has 0 radical (unpaired) electrons. The molecule has 2 aromatic carbocycles. The molecule has 0 atom stereocenters. The molecule has 0 bridgehead atoms. The minimum Gasteiger partial charge on any atom is -0.369 e. The van der Waals surface area contributed by atoms with E-state index in [0.29, 0.717) is 6.54 Å². The Hall–Kier alpha value is -2.79. The van der Waals surface area contributed by atoms with Gasteiger partial charge in [0.2, 0.25) is 0 Å². The number of anilines is 2. The number of carbonyl (C=O) groups excluding carboxylic acids is 1. The van der Waals surface area contributed by atoms with Gasteiger partial charge in [0.25, 0.3) is 0 Å². The molecule has 2 amide bonds. The van der Waals surface area contributed by atoms with E-state index in [4.69, 9.17) is 0 Å². The van der Waals surface area contributed by atoms with E-state index >= 15 is 0 Å². The van der Waals surface area contributed by atoms with Crippen LogP contribution in [0.2, 0.25) is 0 Å². The fourth-order valence-corrected chi connectivity index (χ4v) is 4.61. The molecular weight excluding hydrogens is 360 g/mol. The van der Waals surface area contributed by atoms with Gasteiger partial charge in [0.05, 0.1) is 0 Å². The predicted molar refractivity (Wildman–Crippen MR) is 118 cm³/mol. The molecule has 0 spiro atoms. The number of carbonyl (C=O) groups is 1. The standard InChI is InChI=1S/C24H28N4O/c29-24-25-16-21-15-22(8-9-23(21)26-24)28-12-10-27(11-13-28)17-18-4-3-7-20(14-18)19-5-1-2-6-19/h3-5,7-9,14-15H,1-2,6,10-13,16-17H2,(H2,25,26,29). The summed E-state index contributed by atoms with van der Waals surface area (Å²) in [6.07, 6.45) is 6.15. The number of nitrogens with zero attached hydrogens (tertiary/aromatic N) is 2. The van der Waals surface area contributed by atoms with Crippen LogP contribution in [0.3, 0.4) is 0 Å². The SMILES string of the molecule is O=C1NCc2cc(N3CCN(Cc4cccc(C5=CCCC5)c4)CC3)ccc2N1. The van der Waals surface area contributed by atoms with Crippen LogP contribution < -0.4 is 15.5 Å². The summed E-state index contributed by atoms with van der Waals surface area (Å²) in [7, 11) is 0. The summed E-state index contributed by atoms with van der Waals surface area (Å²) < 4.78 is 0. The van der Waals surface area contributed by atoms with Gasteiger partial charge in [-0.3, -0.25) is 4.90 Å². The highest BCUT2D eigenvalue weighted by atomic mass is 16.2. The molecule has 3 aliphatic rings. The summed E-state index contributed by atoms with van der Waals surface area (Å²) in [5, 5.41) is 5.71. The lowest BCUT2D eigenvalue weighted by molar-refractivity contribution is 0.249. The average molecular weight is 389 g/mol. The van der Waals surface area contributed by atoms with E-state index in [0.717, 1.165) is 44.0 Å². The smallest absolute Gasteiger partial charge is 0.319 e. The van der Waals surface area contributed by atoms with Crippen LogP contribution in [-0.2, 0) is 13.1 Å². The molecule has 2 heterocycles. The number of urea groups is 1. The summed E-state index contributed by atoms with van der Waals surface area (Å²) in [6.45, 7) is 5.82. The first-order valence-corrected chi connectivity index (χ1v) is 10.7. The van der Waals surface area contributed by atoms with Gasteiger partial charge in [-0.05, 0) is 59.7 Å². The second-order valence-electron chi connectivity index (χ2n) is 8.23. The molecule has 0 saturated carbocycles. The highest BCUT2D eigenvalue weighted by Crippen LogP contribution is 2.29. The van der Waals surface area contributed by atoms with Gasteiger partial charge >= 0.3 is 6.03 Å². The van der Waals surface area contributed by atoms with Crippen molar-refractivity contribution in [1.82, 2.24) is 10.2 Å². The Morgan fingerprint density at radius 1 is 1.00 bits per heavy atom. The monoisotopic (exact) mass is 388 g/mol. The third kappa shape index (κ3) is 4.01. The number of allylic oxidation sites excluding steroid dienone is 2. The van der Waals surface area contributed by atoms with Gasteiger partial charge in [-0.15, -0.1) is 0 Å². The molecule has 5 nitrogen and oxygen atoms in total. The summed E-state index contributed by atoms with van der Waals surface area (Å²) in [5.74, 6) is 0. The number of hydrogen-bond acceptors (Lipinski definition) is 3. The molecule has 29 heavy (non-hydrogen) atoms. The number of benzene rings is 2. The maximum atomic E-state index is 11.5. The normalized spacial score (nSPS) is 19.4. The fourth-order valence-electron chi connectivity index (χ4n) is 4.61. The number of fused-ring (bicyclic) bond motifs is 1. The summed E-state index contributed by atoms with van der Waals surface area (Å²) >= 11 is 0. The Morgan fingerprint density at radius 2 is 1.90 bits per heavy atom. The topological polar surface area (TPSA) is 47.6 Å². The molecule has 1 fully saturated rings. The molecule has 0 aromatic heterocycles. The number of piperazine rings is 1. The van der Waals surface area contributed by atoms with E-state index in [-0.39, 0.29) is 6.03 Å². The van der Waals surface area contributed by atoms with E-state index in [2.05, 4.69) is 62.9 Å². The van der Waals surface area contributed by atoms with E-state index in [1.54, 1.807) is 0 Å². The molecule has 0 unspecified atom stereocenters. The Labute approximate surface area is 172 Å². The van der Waals surface area contributed by atoms with Gasteiger partial charge in [-0.2, -0.15) is 0 Å². The van der Waals surface area contributed by atoms with Crippen molar-refractivity contribution in [3.8, 4) is 0 Å². The Morgan fingerprint density at radius 3 is 2.72 bits per heavy atom. The molecule has 2 aliphatic heterocycles. The van der Waals surface area contributed by atoms with Crippen LogP contribution in [-0.4, -0.2) is 37.1 Å². The van der Waals surface area contributed by atoms with Crippen molar-refractivity contribution in [3.05, 3.63) is 65.2 Å². The van der Waals surface area contributed by atoms with Crippen LogP contribution in [0, 0.1) is 0 Å². The van der Waals surface area contributed by atoms with Crippen LogP contribution in [0.5, 0.6) is 0 Å². The zero-order valence-electron chi connectivity index (χ0n) is 16.8. The van der Waals surface area contributed by atoms with Crippen molar-refractivity contribution < 1.29 is 4.79 Å². The van der Waals surface area contributed by atoms with Crippen molar-refractivity contribution in [2.75, 3.05) is 36.4 Å². The van der Waals surface area contributed by atoms with Crippen LogP contribution in [0.15, 0.2) is 48.5 Å². The molecule has 2 aromatic rings. The highest BCUT2D eigenvalue weighted by Gasteiger charge is 2.20. The molecule has 1 aliphatic carbocycles. The lowest BCUT2D eigenvalue weighted by atomic mass is 10.0. The number of rotatable bonds is 4. The lowest BCUT2D eigenvalue weighted by Gasteiger charge is -2.36. The molecule has 1 saturated heterocycles. The highest BCUT2D eigenvalue weighted by molar-refractivity contribution is 5.92. The fraction of sp³-hybridized carbons (Fsp3) is 0.375. The van der Waals surface area contributed by atoms with E-state index in [9.17, 15) is 4.79 Å². The van der Waals surface area contributed by atoms with Crippen LogP contribution in [0.1, 0.15) is 36.0 Å². The number of hydrogen-bond donors (Lipinski definition) is 2. The molecule has 5 heteroatoms. The quantitative estimate of drug-likeness (QED) is 0.825. The lowest BCUT2D eigenvalue weighted by Crippen LogP contribution is -2.46. The van der Waals surface area contributed by atoms with Crippen molar-refractivity contribution >= 4 is 23.0 Å². The maximum absolute atomic E-state index is 11.5. The minimum absolute atomic E-state index is 0.118. The van der Waals surface area contributed by atoms with Crippen LogP contribution in [0.4, 0.5) is 16.2 Å². The van der Waals surface area contributed by atoms with E-state index in [1.807, 2.05) is 6.07 Å². The average Bonchev–Trinajstić information content (AvgIpc) is 3.29. The molecule has 5 rings (SSSR count). The molecule has 2 N–H and O–H groups in total. The van der Waals surface area contributed by atoms with Gasteiger partial charge in [-0.1, -0.05) is 30.3 Å². The zero-order chi connectivity index (χ0) is 19.6. The van der Waals surface area contributed by atoms with Crippen LogP contribution >= 0.6 is 0 Å². The summed E-state index contributed by atoms with van der Waals surface area (Å²) in [5.41, 5.74) is 7.68. The molecular formula is C24H28N4O. The second kappa shape index (κ2) is 7.91. The van der Waals surface area contributed by atoms with Crippen molar-refractivity contribution in [2.24, 2.45) is 0 Å². The van der Waals surface area contributed by atoms with Crippen molar-refractivity contribution in [1.29, 1.82) is 0 Å². The van der Waals surface area contributed by atoms with Gasteiger partial charge in [0.15, 0.2) is 0 Å². The third-order valence-corrected chi connectivity index (χ3v) is 6.26. The van der Waals surface area contributed by atoms with Gasteiger partial charge in [-0.25, -0.2) is 4.79 Å². The minimum atomic E-state index is -0.118. The number of nitrogens with one attached hydrogen (secondary N) is 2. The van der Waals surface area contributed by atoms with Gasteiger partial charge < -0.3 is 15.5 Å². The van der Waals surface area contributed by atoms with Gasteiger partial charge in [0, 0.05) is 50.6 Å². The maximum Gasteiger partial charge on any atom is 0.319 e.